The average Bonchev–Trinajstić information content (AvgIpc) is 3.05. The fourth-order valence-electron chi connectivity index (χ4n) is 3.19. The van der Waals surface area contributed by atoms with Crippen LogP contribution in [0, 0.1) is 11.8 Å². The molecule has 0 amide bonds. The fraction of sp³-hybridized carbons (Fsp3) is 0.619. The SMILES string of the molecule is CCNC(=NCc1ccc(COC(C)C)cc1)N1CC(C)C(C(=O)OC)C1.I. The van der Waals surface area contributed by atoms with Gasteiger partial charge >= 0.3 is 5.97 Å². The molecule has 2 rings (SSSR count). The molecule has 1 aromatic carbocycles. The van der Waals surface area contributed by atoms with E-state index in [1.165, 1.54) is 7.11 Å². The lowest BCUT2D eigenvalue weighted by molar-refractivity contribution is -0.145. The molecule has 6 nitrogen and oxygen atoms in total. The van der Waals surface area contributed by atoms with E-state index in [2.05, 4.69) is 48.3 Å². The third kappa shape index (κ3) is 7.24. The summed E-state index contributed by atoms with van der Waals surface area (Å²) < 4.78 is 10.6. The van der Waals surface area contributed by atoms with E-state index >= 15 is 0 Å². The third-order valence-corrected chi connectivity index (χ3v) is 4.77. The highest BCUT2D eigenvalue weighted by molar-refractivity contribution is 14.0. The summed E-state index contributed by atoms with van der Waals surface area (Å²) in [6, 6.07) is 8.36. The highest BCUT2D eigenvalue weighted by atomic mass is 127. The monoisotopic (exact) mass is 503 g/mol. The summed E-state index contributed by atoms with van der Waals surface area (Å²) in [5.74, 6) is 0.865. The lowest BCUT2D eigenvalue weighted by Gasteiger charge is -2.21. The van der Waals surface area contributed by atoms with Crippen LogP contribution < -0.4 is 5.32 Å². The highest BCUT2D eigenvalue weighted by Crippen LogP contribution is 2.24. The molecule has 1 aromatic rings. The molecule has 1 aliphatic rings. The van der Waals surface area contributed by atoms with Crippen molar-refractivity contribution in [3.05, 3.63) is 35.4 Å². The molecule has 1 aliphatic heterocycles. The molecule has 7 heteroatoms. The Morgan fingerprint density at radius 1 is 1.25 bits per heavy atom. The van der Waals surface area contributed by atoms with Gasteiger partial charge in [0.25, 0.3) is 0 Å². The number of aliphatic imine (C=N–C) groups is 1. The average molecular weight is 503 g/mol. The van der Waals surface area contributed by atoms with Gasteiger partial charge in [-0.1, -0.05) is 31.2 Å². The maximum atomic E-state index is 11.9. The first-order valence-electron chi connectivity index (χ1n) is 9.75. The van der Waals surface area contributed by atoms with Gasteiger partial charge in [-0.25, -0.2) is 4.99 Å². The minimum Gasteiger partial charge on any atom is -0.469 e. The number of hydrogen-bond donors (Lipinski definition) is 1. The van der Waals surface area contributed by atoms with Crippen molar-refractivity contribution >= 4 is 35.9 Å². The molecule has 1 heterocycles. The van der Waals surface area contributed by atoms with E-state index in [1.54, 1.807) is 0 Å². The van der Waals surface area contributed by atoms with Gasteiger partial charge in [-0.05, 0) is 37.8 Å². The number of likely N-dealkylation sites (tertiary alicyclic amines) is 1. The summed E-state index contributed by atoms with van der Waals surface area (Å²) in [5.41, 5.74) is 2.31. The predicted octanol–water partition coefficient (Wildman–Crippen LogP) is 3.44. The Kier molecular flexibility index (Phi) is 10.8. The third-order valence-electron chi connectivity index (χ3n) is 4.77. The zero-order valence-corrected chi connectivity index (χ0v) is 19.9. The topological polar surface area (TPSA) is 63.2 Å². The molecular formula is C21H34IN3O3. The van der Waals surface area contributed by atoms with E-state index in [-0.39, 0.29) is 47.9 Å². The van der Waals surface area contributed by atoms with Crippen molar-refractivity contribution in [2.24, 2.45) is 16.8 Å². The first-order chi connectivity index (χ1) is 12.9. The molecule has 1 N–H and O–H groups in total. The van der Waals surface area contributed by atoms with E-state index in [1.807, 2.05) is 13.8 Å². The Bertz CT molecular complexity index is 634. The molecule has 0 aliphatic carbocycles. The summed E-state index contributed by atoms with van der Waals surface area (Å²) in [6.07, 6.45) is 0.230. The molecule has 2 unspecified atom stereocenters. The summed E-state index contributed by atoms with van der Waals surface area (Å²) in [5, 5.41) is 3.34. The second-order valence-electron chi connectivity index (χ2n) is 7.36. The van der Waals surface area contributed by atoms with Gasteiger partial charge < -0.3 is 19.7 Å². The Balaban J connectivity index is 0.00000392. The predicted molar refractivity (Wildman–Crippen MR) is 123 cm³/mol. The quantitative estimate of drug-likeness (QED) is 0.268. The summed E-state index contributed by atoms with van der Waals surface area (Å²) >= 11 is 0. The van der Waals surface area contributed by atoms with Crippen LogP contribution in [0.2, 0.25) is 0 Å². The van der Waals surface area contributed by atoms with Crippen LogP contribution in [0.5, 0.6) is 0 Å². The number of ether oxygens (including phenoxy) is 2. The second-order valence-corrected chi connectivity index (χ2v) is 7.36. The van der Waals surface area contributed by atoms with Crippen LogP contribution in [0.1, 0.15) is 38.8 Å². The second kappa shape index (κ2) is 12.3. The van der Waals surface area contributed by atoms with Crippen LogP contribution in [0.4, 0.5) is 0 Å². The molecule has 0 bridgehead atoms. The fourth-order valence-corrected chi connectivity index (χ4v) is 3.19. The first-order valence-corrected chi connectivity index (χ1v) is 9.75. The number of carbonyl (C=O) groups is 1. The highest BCUT2D eigenvalue weighted by Gasteiger charge is 2.36. The van der Waals surface area contributed by atoms with Crippen molar-refractivity contribution in [3.8, 4) is 0 Å². The largest absolute Gasteiger partial charge is 0.469 e. The minimum atomic E-state index is -0.139. The van der Waals surface area contributed by atoms with Crippen molar-refractivity contribution in [1.29, 1.82) is 0 Å². The number of esters is 1. The summed E-state index contributed by atoms with van der Waals surface area (Å²) in [4.78, 5) is 18.9. The molecule has 0 radical (unpaired) electrons. The molecule has 158 valence electrons. The molecule has 0 saturated carbocycles. The van der Waals surface area contributed by atoms with Crippen LogP contribution in [-0.4, -0.2) is 49.7 Å². The smallest absolute Gasteiger partial charge is 0.310 e. The number of guanidine groups is 1. The number of rotatable bonds is 7. The van der Waals surface area contributed by atoms with Crippen molar-refractivity contribution in [2.75, 3.05) is 26.7 Å². The van der Waals surface area contributed by atoms with Crippen LogP contribution in [-0.2, 0) is 27.4 Å². The van der Waals surface area contributed by atoms with Gasteiger partial charge in [0.15, 0.2) is 5.96 Å². The zero-order valence-electron chi connectivity index (χ0n) is 17.6. The van der Waals surface area contributed by atoms with Crippen LogP contribution >= 0.6 is 24.0 Å². The molecule has 1 saturated heterocycles. The number of benzene rings is 1. The standard InChI is InChI=1S/C21H33N3O3.HI/c1-6-22-21(24-12-16(4)19(13-24)20(25)26-5)23-11-17-7-9-18(10-8-17)14-27-15(2)3;/h7-10,15-16,19H,6,11-14H2,1-5H3,(H,22,23);1H. The van der Waals surface area contributed by atoms with Crippen molar-refractivity contribution in [2.45, 2.75) is 47.0 Å². The van der Waals surface area contributed by atoms with Gasteiger partial charge in [0.2, 0.25) is 0 Å². The zero-order chi connectivity index (χ0) is 19.8. The molecule has 2 atom stereocenters. The molecule has 28 heavy (non-hydrogen) atoms. The summed E-state index contributed by atoms with van der Waals surface area (Å²) in [6.45, 7) is 11.7. The Morgan fingerprint density at radius 2 is 1.89 bits per heavy atom. The first kappa shape index (κ1) is 24.7. The summed E-state index contributed by atoms with van der Waals surface area (Å²) in [7, 11) is 1.45. The van der Waals surface area contributed by atoms with Gasteiger partial charge in [-0.3, -0.25) is 4.79 Å². The van der Waals surface area contributed by atoms with Crippen LogP contribution in [0.15, 0.2) is 29.3 Å². The number of halogens is 1. The Morgan fingerprint density at radius 3 is 2.46 bits per heavy atom. The van der Waals surface area contributed by atoms with Crippen molar-refractivity contribution in [1.82, 2.24) is 10.2 Å². The number of nitrogens with one attached hydrogen (secondary N) is 1. The van der Waals surface area contributed by atoms with Gasteiger partial charge in [0.1, 0.15) is 0 Å². The Labute approximate surface area is 186 Å². The van der Waals surface area contributed by atoms with Crippen molar-refractivity contribution in [3.63, 3.8) is 0 Å². The lowest BCUT2D eigenvalue weighted by Crippen LogP contribution is -2.40. The number of carbonyl (C=O) groups excluding carboxylic acids is 1. The Hall–Kier alpha value is -1.35. The lowest BCUT2D eigenvalue weighted by atomic mass is 9.99. The van der Waals surface area contributed by atoms with E-state index in [9.17, 15) is 4.79 Å². The van der Waals surface area contributed by atoms with E-state index in [0.717, 1.165) is 30.2 Å². The maximum Gasteiger partial charge on any atom is 0.310 e. The normalized spacial score (nSPS) is 19.5. The number of hydrogen-bond acceptors (Lipinski definition) is 4. The molecule has 0 aromatic heterocycles. The molecule has 0 spiro atoms. The van der Waals surface area contributed by atoms with Gasteiger partial charge in [0, 0.05) is 19.6 Å². The van der Waals surface area contributed by atoms with Gasteiger partial charge in [-0.15, -0.1) is 24.0 Å². The number of methoxy groups -OCH3 is 1. The maximum absolute atomic E-state index is 11.9. The molecule has 1 fully saturated rings. The van der Waals surface area contributed by atoms with Gasteiger partial charge in [0.05, 0.1) is 32.3 Å². The minimum absolute atomic E-state index is 0. The van der Waals surface area contributed by atoms with Crippen molar-refractivity contribution < 1.29 is 14.3 Å². The van der Waals surface area contributed by atoms with Gasteiger partial charge in [-0.2, -0.15) is 0 Å². The van der Waals surface area contributed by atoms with E-state index < -0.39 is 0 Å². The van der Waals surface area contributed by atoms with E-state index in [0.29, 0.717) is 19.7 Å². The van der Waals surface area contributed by atoms with Crippen LogP contribution in [0.3, 0.4) is 0 Å². The van der Waals surface area contributed by atoms with Crippen LogP contribution in [0.25, 0.3) is 0 Å². The number of nitrogens with zero attached hydrogens (tertiary/aromatic N) is 2. The van der Waals surface area contributed by atoms with E-state index in [4.69, 9.17) is 14.5 Å². The molecular weight excluding hydrogens is 469 g/mol.